The summed E-state index contributed by atoms with van der Waals surface area (Å²) in [4.78, 5) is 11.8. The highest BCUT2D eigenvalue weighted by molar-refractivity contribution is 5.91. The Morgan fingerprint density at radius 3 is 2.79 bits per heavy atom. The molecule has 5 heteroatoms. The van der Waals surface area contributed by atoms with Crippen LogP contribution < -0.4 is 5.32 Å². The van der Waals surface area contributed by atoms with Crippen LogP contribution in [0.1, 0.15) is 55.3 Å². The molecule has 0 spiro atoms. The number of rotatable bonds is 4. The number of hydrogen-bond donors (Lipinski definition) is 2. The predicted octanol–water partition coefficient (Wildman–Crippen LogP) is 2.04. The number of hydrogen-bond acceptors (Lipinski definition) is 4. The van der Waals surface area contributed by atoms with Gasteiger partial charge >= 0.3 is 0 Å². The fraction of sp³-hybridized carbons (Fsp3) is 0.714. The first-order chi connectivity index (χ1) is 9.02. The van der Waals surface area contributed by atoms with Crippen LogP contribution in [0.4, 0.5) is 0 Å². The maximum absolute atomic E-state index is 11.8. The highest BCUT2D eigenvalue weighted by Gasteiger charge is 2.33. The van der Waals surface area contributed by atoms with Crippen LogP contribution in [0.5, 0.6) is 0 Å². The van der Waals surface area contributed by atoms with Crippen molar-refractivity contribution in [2.45, 2.75) is 51.6 Å². The van der Waals surface area contributed by atoms with E-state index in [9.17, 15) is 9.90 Å². The number of aryl methyl sites for hydroxylation is 1. The molecule has 1 aliphatic carbocycles. The van der Waals surface area contributed by atoms with Gasteiger partial charge in [0.1, 0.15) is 0 Å². The molecule has 5 nitrogen and oxygen atoms in total. The summed E-state index contributed by atoms with van der Waals surface area (Å²) in [5, 5.41) is 16.8. The summed E-state index contributed by atoms with van der Waals surface area (Å²) in [5.74, 6) is 0.600. The summed E-state index contributed by atoms with van der Waals surface area (Å²) in [5.41, 5.74) is -0.0940. The fourth-order valence-corrected chi connectivity index (χ4v) is 2.60. The lowest BCUT2D eigenvalue weighted by Gasteiger charge is -2.35. The zero-order valence-corrected chi connectivity index (χ0v) is 11.6. The summed E-state index contributed by atoms with van der Waals surface area (Å²) < 4.78 is 4.89. The number of amides is 1. The van der Waals surface area contributed by atoms with Crippen molar-refractivity contribution in [3.63, 3.8) is 0 Å². The second-order valence-corrected chi connectivity index (χ2v) is 5.59. The Labute approximate surface area is 113 Å². The summed E-state index contributed by atoms with van der Waals surface area (Å²) in [6, 6.07) is 1.59. The molecule has 0 atom stereocenters. The van der Waals surface area contributed by atoms with E-state index >= 15 is 0 Å². The van der Waals surface area contributed by atoms with E-state index in [1.807, 2.05) is 0 Å². The van der Waals surface area contributed by atoms with Crippen LogP contribution >= 0.6 is 0 Å². The molecule has 0 aromatic carbocycles. The number of aromatic nitrogens is 1. The van der Waals surface area contributed by atoms with Crippen LogP contribution in [0.15, 0.2) is 10.6 Å². The summed E-state index contributed by atoms with van der Waals surface area (Å²) in [6.07, 6.45) is 4.73. The van der Waals surface area contributed by atoms with Gasteiger partial charge in [-0.05, 0) is 38.5 Å². The molecular weight excluding hydrogens is 244 g/mol. The van der Waals surface area contributed by atoms with E-state index in [2.05, 4.69) is 17.4 Å². The molecule has 0 bridgehead atoms. The highest BCUT2D eigenvalue weighted by atomic mass is 16.5. The van der Waals surface area contributed by atoms with Gasteiger partial charge in [-0.2, -0.15) is 0 Å². The second-order valence-electron chi connectivity index (χ2n) is 5.59. The first-order valence-corrected chi connectivity index (χ1v) is 6.96. The first-order valence-electron chi connectivity index (χ1n) is 6.96. The molecule has 1 aromatic heterocycles. The van der Waals surface area contributed by atoms with Crippen molar-refractivity contribution in [1.29, 1.82) is 0 Å². The van der Waals surface area contributed by atoms with E-state index in [-0.39, 0.29) is 18.2 Å². The van der Waals surface area contributed by atoms with Gasteiger partial charge in [0, 0.05) is 12.6 Å². The Hall–Kier alpha value is -1.36. The van der Waals surface area contributed by atoms with Crippen molar-refractivity contribution in [2.75, 3.05) is 6.54 Å². The standard InChI is InChI=1S/C14H22N2O3/c1-3-11-4-6-14(18,7-5-11)9-15-13(17)12-8-10(2)16-19-12/h8,11,18H,3-7,9H2,1-2H3,(H,15,17). The third-order valence-electron chi connectivity index (χ3n) is 4.04. The monoisotopic (exact) mass is 266 g/mol. The van der Waals surface area contributed by atoms with Gasteiger partial charge in [-0.15, -0.1) is 0 Å². The number of carbonyl (C=O) groups is 1. The fourth-order valence-electron chi connectivity index (χ4n) is 2.60. The topological polar surface area (TPSA) is 75.4 Å². The Morgan fingerprint density at radius 1 is 1.58 bits per heavy atom. The average Bonchev–Trinajstić information content (AvgIpc) is 2.84. The number of nitrogens with one attached hydrogen (secondary N) is 1. The third-order valence-corrected chi connectivity index (χ3v) is 4.04. The van der Waals surface area contributed by atoms with E-state index in [1.165, 1.54) is 6.42 Å². The summed E-state index contributed by atoms with van der Waals surface area (Å²) in [7, 11) is 0. The quantitative estimate of drug-likeness (QED) is 0.874. The lowest BCUT2D eigenvalue weighted by atomic mass is 9.78. The Kier molecular flexibility index (Phi) is 4.24. The van der Waals surface area contributed by atoms with Crippen LogP contribution in [-0.4, -0.2) is 28.3 Å². The maximum Gasteiger partial charge on any atom is 0.290 e. The molecule has 2 N–H and O–H groups in total. The molecule has 19 heavy (non-hydrogen) atoms. The van der Waals surface area contributed by atoms with Crippen LogP contribution in [0.25, 0.3) is 0 Å². The van der Waals surface area contributed by atoms with Crippen molar-refractivity contribution in [3.05, 3.63) is 17.5 Å². The summed E-state index contributed by atoms with van der Waals surface area (Å²) in [6.45, 7) is 4.23. The van der Waals surface area contributed by atoms with Gasteiger partial charge in [0.15, 0.2) is 0 Å². The van der Waals surface area contributed by atoms with Crippen molar-refractivity contribution in [3.8, 4) is 0 Å². The van der Waals surface area contributed by atoms with E-state index in [1.54, 1.807) is 13.0 Å². The van der Waals surface area contributed by atoms with Crippen LogP contribution in [-0.2, 0) is 0 Å². The molecule has 2 rings (SSSR count). The molecule has 0 saturated heterocycles. The van der Waals surface area contributed by atoms with Crippen molar-refractivity contribution < 1.29 is 14.4 Å². The molecule has 106 valence electrons. The first kappa shape index (κ1) is 14.1. The van der Waals surface area contributed by atoms with E-state index in [0.29, 0.717) is 11.6 Å². The van der Waals surface area contributed by atoms with Crippen molar-refractivity contribution >= 4 is 5.91 Å². The van der Waals surface area contributed by atoms with Gasteiger partial charge in [-0.3, -0.25) is 4.79 Å². The Bertz CT molecular complexity index is 434. The van der Waals surface area contributed by atoms with Crippen molar-refractivity contribution in [2.24, 2.45) is 5.92 Å². The van der Waals surface area contributed by atoms with E-state index in [0.717, 1.165) is 25.7 Å². The Balaban J connectivity index is 1.83. The van der Waals surface area contributed by atoms with Gasteiger partial charge in [0.2, 0.25) is 5.76 Å². The molecule has 1 fully saturated rings. The lowest BCUT2D eigenvalue weighted by molar-refractivity contribution is -0.00809. The Morgan fingerprint density at radius 2 is 2.26 bits per heavy atom. The minimum Gasteiger partial charge on any atom is -0.388 e. The molecule has 0 radical (unpaired) electrons. The van der Waals surface area contributed by atoms with E-state index in [4.69, 9.17) is 4.52 Å². The van der Waals surface area contributed by atoms with Gasteiger partial charge in [-0.25, -0.2) is 0 Å². The molecule has 0 unspecified atom stereocenters. The molecule has 1 heterocycles. The maximum atomic E-state index is 11.8. The van der Waals surface area contributed by atoms with Gasteiger partial charge in [0.05, 0.1) is 11.3 Å². The molecule has 0 aliphatic heterocycles. The average molecular weight is 266 g/mol. The normalized spacial score (nSPS) is 27.2. The van der Waals surface area contributed by atoms with Crippen LogP contribution in [0, 0.1) is 12.8 Å². The zero-order chi connectivity index (χ0) is 13.9. The van der Waals surface area contributed by atoms with E-state index < -0.39 is 5.60 Å². The molecule has 1 aromatic rings. The highest BCUT2D eigenvalue weighted by Crippen LogP contribution is 2.33. The molecule has 1 saturated carbocycles. The lowest BCUT2D eigenvalue weighted by Crippen LogP contribution is -2.45. The number of nitrogens with zero attached hydrogens (tertiary/aromatic N) is 1. The molecule has 1 amide bonds. The third kappa shape index (κ3) is 3.56. The second kappa shape index (κ2) is 5.74. The zero-order valence-electron chi connectivity index (χ0n) is 11.6. The SMILES string of the molecule is CCC1CCC(O)(CNC(=O)c2cc(C)no2)CC1. The molecule has 1 aliphatic rings. The largest absolute Gasteiger partial charge is 0.388 e. The van der Waals surface area contributed by atoms with Gasteiger partial charge < -0.3 is 14.9 Å². The predicted molar refractivity (Wildman–Crippen MR) is 70.8 cm³/mol. The number of aliphatic hydroxyl groups is 1. The van der Waals surface area contributed by atoms with Crippen LogP contribution in [0.3, 0.4) is 0 Å². The molecular formula is C14H22N2O3. The van der Waals surface area contributed by atoms with Crippen molar-refractivity contribution in [1.82, 2.24) is 10.5 Å². The van der Waals surface area contributed by atoms with Crippen LogP contribution in [0.2, 0.25) is 0 Å². The summed E-state index contributed by atoms with van der Waals surface area (Å²) >= 11 is 0. The minimum absolute atomic E-state index is 0.198. The number of carbonyl (C=O) groups excluding carboxylic acids is 1. The van der Waals surface area contributed by atoms with Gasteiger partial charge in [0.25, 0.3) is 5.91 Å². The van der Waals surface area contributed by atoms with Gasteiger partial charge in [-0.1, -0.05) is 18.5 Å². The minimum atomic E-state index is -0.767. The smallest absolute Gasteiger partial charge is 0.290 e.